The van der Waals surface area contributed by atoms with Crippen LogP contribution in [0.25, 0.3) is 0 Å². The number of halogens is 2. The number of hydrogen-bond donors (Lipinski definition) is 0. The van der Waals surface area contributed by atoms with Gasteiger partial charge < -0.3 is 0 Å². The number of rotatable bonds is 1. The van der Waals surface area contributed by atoms with E-state index in [1.165, 1.54) is 5.56 Å². The third-order valence-electron chi connectivity index (χ3n) is 3.45. The minimum absolute atomic E-state index is 0.0793. The van der Waals surface area contributed by atoms with Gasteiger partial charge in [0.25, 0.3) is 0 Å². The molecule has 82 valence electrons. The Morgan fingerprint density at radius 2 is 1.75 bits per heavy atom. The van der Waals surface area contributed by atoms with Crippen molar-refractivity contribution < 1.29 is 0 Å². The first-order chi connectivity index (χ1) is 7.64. The van der Waals surface area contributed by atoms with Crippen molar-refractivity contribution in [2.75, 3.05) is 0 Å². The molecule has 0 spiro atoms. The van der Waals surface area contributed by atoms with Crippen LogP contribution in [0, 0.1) is 0 Å². The molecule has 3 aliphatic rings. The van der Waals surface area contributed by atoms with Gasteiger partial charge in [-0.1, -0.05) is 35.9 Å². The van der Waals surface area contributed by atoms with Crippen molar-refractivity contribution in [2.45, 2.75) is 19.5 Å². The third kappa shape index (κ3) is 1.22. The van der Waals surface area contributed by atoms with Gasteiger partial charge in [-0.3, -0.25) is 0 Å². The summed E-state index contributed by atoms with van der Waals surface area (Å²) in [5.74, 6) is 0. The van der Waals surface area contributed by atoms with Crippen molar-refractivity contribution >= 4 is 46.7 Å². The lowest BCUT2D eigenvalue weighted by Gasteiger charge is -2.15. The average Bonchev–Trinajstić information content (AvgIpc) is 3.11. The average molecular weight is 287 g/mol. The lowest BCUT2D eigenvalue weighted by Crippen LogP contribution is -2.22. The minimum atomic E-state index is -0.0793. The molecule has 2 saturated heterocycles. The van der Waals surface area contributed by atoms with Crippen molar-refractivity contribution in [3.05, 3.63) is 47.0 Å². The fourth-order valence-corrected chi connectivity index (χ4v) is 6.10. The van der Waals surface area contributed by atoms with E-state index in [2.05, 4.69) is 24.3 Å². The van der Waals surface area contributed by atoms with E-state index in [9.17, 15) is 0 Å². The lowest BCUT2D eigenvalue weighted by atomic mass is 9.89. The summed E-state index contributed by atoms with van der Waals surface area (Å²) in [4.78, 5) is 0. The molecule has 1 aliphatic carbocycles. The molecule has 2 aliphatic heterocycles. The van der Waals surface area contributed by atoms with Crippen LogP contribution in [0.3, 0.4) is 0 Å². The minimum Gasteiger partial charge on any atom is -0.138 e. The Bertz CT molecular complexity index is 498. The van der Waals surface area contributed by atoms with Gasteiger partial charge in [-0.25, -0.2) is 0 Å². The smallest absolute Gasteiger partial charge is 0.121 e. The number of fused-ring (bicyclic) bond motifs is 3. The predicted molar refractivity (Wildman–Crippen MR) is 73.6 cm³/mol. The molecule has 0 saturated carbocycles. The normalized spacial score (nSPS) is 47.1. The summed E-state index contributed by atoms with van der Waals surface area (Å²) in [7, 11) is 0. The van der Waals surface area contributed by atoms with E-state index in [1.54, 1.807) is 0 Å². The second-order valence-electron chi connectivity index (χ2n) is 4.41. The SMILES string of the molecule is Clc1ccc(C23C=CC4(Cl)SC4C2S3)cc1. The highest BCUT2D eigenvalue weighted by molar-refractivity contribution is 8.14. The number of thioether (sulfide) groups is 2. The quantitative estimate of drug-likeness (QED) is 0.430. The van der Waals surface area contributed by atoms with Gasteiger partial charge in [-0.15, -0.1) is 35.1 Å². The first kappa shape index (κ1) is 10.2. The second kappa shape index (κ2) is 2.97. The number of hydrogen-bond acceptors (Lipinski definition) is 2. The molecule has 1 aromatic rings. The van der Waals surface area contributed by atoms with Crippen LogP contribution in [0.2, 0.25) is 5.02 Å². The summed E-state index contributed by atoms with van der Waals surface area (Å²) in [6.07, 6.45) is 4.46. The molecule has 2 heterocycles. The molecule has 0 aromatic heterocycles. The van der Waals surface area contributed by atoms with E-state index in [0.717, 1.165) is 5.02 Å². The van der Waals surface area contributed by atoms with Gasteiger partial charge in [0.2, 0.25) is 0 Å². The number of benzene rings is 1. The van der Waals surface area contributed by atoms with Gasteiger partial charge in [0.15, 0.2) is 0 Å². The Morgan fingerprint density at radius 3 is 2.50 bits per heavy atom. The van der Waals surface area contributed by atoms with E-state index in [1.807, 2.05) is 35.7 Å². The van der Waals surface area contributed by atoms with Crippen molar-refractivity contribution in [1.82, 2.24) is 0 Å². The summed E-state index contributed by atoms with van der Waals surface area (Å²) < 4.78 is 0.112. The Hall–Kier alpha value is 0.240. The molecule has 0 nitrogen and oxygen atoms in total. The van der Waals surface area contributed by atoms with Crippen molar-refractivity contribution in [1.29, 1.82) is 0 Å². The van der Waals surface area contributed by atoms with Gasteiger partial charge in [-0.2, -0.15) is 0 Å². The Labute approximate surface area is 113 Å². The lowest BCUT2D eigenvalue weighted by molar-refractivity contribution is 0.759. The molecule has 1 aromatic carbocycles. The molecular weight excluding hydrogens is 279 g/mol. The Kier molecular flexibility index (Phi) is 1.89. The van der Waals surface area contributed by atoms with Crippen LogP contribution in [0.4, 0.5) is 0 Å². The summed E-state index contributed by atoms with van der Waals surface area (Å²) in [6.45, 7) is 0. The van der Waals surface area contributed by atoms with Crippen LogP contribution in [-0.4, -0.2) is 14.7 Å². The first-order valence-electron chi connectivity index (χ1n) is 5.15. The zero-order chi connectivity index (χ0) is 11.0. The van der Waals surface area contributed by atoms with E-state index < -0.39 is 0 Å². The molecule has 16 heavy (non-hydrogen) atoms. The molecule has 0 radical (unpaired) electrons. The number of alkyl halides is 1. The van der Waals surface area contributed by atoms with E-state index in [4.69, 9.17) is 23.2 Å². The third-order valence-corrected chi connectivity index (χ3v) is 7.69. The molecule has 0 bridgehead atoms. The van der Waals surface area contributed by atoms with Crippen LogP contribution in [0.15, 0.2) is 36.4 Å². The first-order valence-corrected chi connectivity index (χ1v) is 7.67. The molecule has 0 amide bonds. The molecule has 0 N–H and O–H groups in total. The monoisotopic (exact) mass is 286 g/mol. The maximum Gasteiger partial charge on any atom is 0.121 e. The van der Waals surface area contributed by atoms with E-state index in [-0.39, 0.29) is 8.95 Å². The van der Waals surface area contributed by atoms with Crippen molar-refractivity contribution in [2.24, 2.45) is 0 Å². The standard InChI is InChI=1S/C12H8Cl2S2/c13-8-3-1-7(2-4-8)11-5-6-12(14)10(16-12)9(11)15-11/h1-6,9-10H. The molecule has 4 atom stereocenters. The van der Waals surface area contributed by atoms with Crippen molar-refractivity contribution in [3.63, 3.8) is 0 Å². The highest BCUT2D eigenvalue weighted by Gasteiger charge is 2.72. The zero-order valence-corrected chi connectivity index (χ0v) is 11.3. The summed E-state index contributed by atoms with van der Waals surface area (Å²) in [6, 6.07) is 8.21. The fourth-order valence-electron chi connectivity index (χ4n) is 2.44. The van der Waals surface area contributed by atoms with Gasteiger partial charge in [-0.05, 0) is 17.7 Å². The Morgan fingerprint density at radius 1 is 1.00 bits per heavy atom. The highest BCUT2D eigenvalue weighted by Crippen LogP contribution is 2.78. The molecule has 4 rings (SSSR count). The Balaban J connectivity index is 1.75. The molecule has 2 fully saturated rings. The summed E-state index contributed by atoms with van der Waals surface area (Å²) in [5.41, 5.74) is 1.36. The van der Waals surface area contributed by atoms with Gasteiger partial charge in [0.1, 0.15) is 4.21 Å². The predicted octanol–water partition coefficient (Wildman–Crippen LogP) is 4.27. The van der Waals surface area contributed by atoms with Gasteiger partial charge in [0.05, 0.1) is 10.00 Å². The topological polar surface area (TPSA) is 0 Å². The summed E-state index contributed by atoms with van der Waals surface area (Å²) >= 11 is 16.2. The zero-order valence-electron chi connectivity index (χ0n) is 8.19. The van der Waals surface area contributed by atoms with Crippen LogP contribution in [0.5, 0.6) is 0 Å². The largest absolute Gasteiger partial charge is 0.138 e. The van der Waals surface area contributed by atoms with Crippen LogP contribution >= 0.6 is 46.7 Å². The van der Waals surface area contributed by atoms with E-state index in [0.29, 0.717) is 10.5 Å². The second-order valence-corrected chi connectivity index (χ2v) is 8.53. The summed E-state index contributed by atoms with van der Waals surface area (Å²) in [5, 5.41) is 2.05. The maximum absolute atomic E-state index is 6.38. The molecule has 4 heteroatoms. The molecular formula is C12H8Cl2S2. The van der Waals surface area contributed by atoms with E-state index >= 15 is 0 Å². The van der Waals surface area contributed by atoms with Crippen LogP contribution in [-0.2, 0) is 4.75 Å². The highest BCUT2D eigenvalue weighted by atomic mass is 35.5. The van der Waals surface area contributed by atoms with Gasteiger partial charge in [0, 0.05) is 10.3 Å². The maximum atomic E-state index is 6.38. The van der Waals surface area contributed by atoms with Crippen LogP contribution < -0.4 is 0 Å². The van der Waals surface area contributed by atoms with Crippen molar-refractivity contribution in [3.8, 4) is 0 Å². The molecule has 4 unspecified atom stereocenters. The van der Waals surface area contributed by atoms with Crippen LogP contribution in [0.1, 0.15) is 5.56 Å². The fraction of sp³-hybridized carbons (Fsp3) is 0.333. The van der Waals surface area contributed by atoms with Gasteiger partial charge >= 0.3 is 0 Å².